The maximum absolute atomic E-state index is 12.8. The molecule has 1 aromatic carbocycles. The van der Waals surface area contributed by atoms with Crippen LogP contribution in [0, 0.1) is 5.92 Å². The number of carbonyl (C=O) groups excluding carboxylic acids is 1. The smallest absolute Gasteiger partial charge is 0.229 e. The van der Waals surface area contributed by atoms with Crippen LogP contribution in [-0.4, -0.2) is 54.4 Å². The molecule has 2 aliphatic heterocycles. The van der Waals surface area contributed by atoms with Gasteiger partial charge >= 0.3 is 0 Å². The predicted octanol–water partition coefficient (Wildman–Crippen LogP) is 3.39. The second kappa shape index (κ2) is 10.1. The molecule has 0 saturated carbocycles. The van der Waals surface area contributed by atoms with Crippen molar-refractivity contribution in [2.75, 3.05) is 33.4 Å². The van der Waals surface area contributed by atoms with Gasteiger partial charge in [0.15, 0.2) is 5.82 Å². The molecule has 0 aliphatic carbocycles. The molecule has 0 spiro atoms. The highest BCUT2D eigenvalue weighted by molar-refractivity contribution is 5.79. The molecule has 2 fully saturated rings. The number of likely N-dealkylation sites (tertiary alicyclic amines) is 1. The van der Waals surface area contributed by atoms with Crippen LogP contribution in [0.1, 0.15) is 55.3 Å². The van der Waals surface area contributed by atoms with Crippen molar-refractivity contribution in [2.24, 2.45) is 5.92 Å². The molecule has 162 valence electrons. The lowest BCUT2D eigenvalue weighted by atomic mass is 9.93. The molecule has 1 unspecified atom stereocenters. The van der Waals surface area contributed by atoms with E-state index < -0.39 is 0 Å². The number of rotatable bonds is 7. The first-order valence-corrected chi connectivity index (χ1v) is 11.0. The molecular formula is C23H31N3O4. The van der Waals surface area contributed by atoms with Gasteiger partial charge in [0, 0.05) is 38.6 Å². The van der Waals surface area contributed by atoms with E-state index in [1.807, 2.05) is 29.2 Å². The molecule has 1 aromatic heterocycles. The average Bonchev–Trinajstić information content (AvgIpc) is 3.28. The second-order valence-corrected chi connectivity index (χ2v) is 8.35. The van der Waals surface area contributed by atoms with Crippen molar-refractivity contribution in [3.63, 3.8) is 0 Å². The zero-order chi connectivity index (χ0) is 20.8. The molecule has 2 aromatic rings. The van der Waals surface area contributed by atoms with Gasteiger partial charge in [-0.3, -0.25) is 4.79 Å². The fraction of sp³-hybridized carbons (Fsp3) is 0.609. The molecular weight excluding hydrogens is 382 g/mol. The second-order valence-electron chi connectivity index (χ2n) is 8.35. The van der Waals surface area contributed by atoms with E-state index in [0.717, 1.165) is 87.9 Å². The Bertz CT molecular complexity index is 831. The number of aryl methyl sites for hydroxylation is 1. The first kappa shape index (κ1) is 20.8. The van der Waals surface area contributed by atoms with Gasteiger partial charge in [0.05, 0.1) is 13.5 Å². The van der Waals surface area contributed by atoms with Crippen LogP contribution >= 0.6 is 0 Å². The van der Waals surface area contributed by atoms with Gasteiger partial charge in [-0.25, -0.2) is 0 Å². The monoisotopic (exact) mass is 413 g/mol. The van der Waals surface area contributed by atoms with Crippen LogP contribution in [0.3, 0.4) is 0 Å². The number of carbonyl (C=O) groups is 1. The topological polar surface area (TPSA) is 77.7 Å². The summed E-state index contributed by atoms with van der Waals surface area (Å²) in [6.45, 7) is 3.19. The Hall–Kier alpha value is -2.41. The fourth-order valence-corrected chi connectivity index (χ4v) is 4.41. The summed E-state index contributed by atoms with van der Waals surface area (Å²) in [5.74, 6) is 3.34. The van der Waals surface area contributed by atoms with E-state index in [9.17, 15) is 4.79 Å². The van der Waals surface area contributed by atoms with Crippen LogP contribution < -0.4 is 4.74 Å². The summed E-state index contributed by atoms with van der Waals surface area (Å²) < 4.78 is 16.2. The third-order valence-electron chi connectivity index (χ3n) is 6.19. The van der Waals surface area contributed by atoms with Gasteiger partial charge < -0.3 is 18.9 Å². The van der Waals surface area contributed by atoms with Crippen LogP contribution in [0.25, 0.3) is 0 Å². The van der Waals surface area contributed by atoms with Gasteiger partial charge in [0.2, 0.25) is 11.8 Å². The molecule has 30 heavy (non-hydrogen) atoms. The minimum atomic E-state index is 0.189. The number of hydrogen-bond donors (Lipinski definition) is 0. The highest BCUT2D eigenvalue weighted by Crippen LogP contribution is 2.26. The van der Waals surface area contributed by atoms with Crippen LogP contribution in [0.15, 0.2) is 28.8 Å². The summed E-state index contributed by atoms with van der Waals surface area (Å²) in [4.78, 5) is 19.4. The van der Waals surface area contributed by atoms with Crippen LogP contribution in [-0.2, 0) is 22.4 Å². The van der Waals surface area contributed by atoms with E-state index >= 15 is 0 Å². The Morgan fingerprint density at radius 1 is 1.27 bits per heavy atom. The van der Waals surface area contributed by atoms with Crippen LogP contribution in [0.5, 0.6) is 5.75 Å². The Morgan fingerprint density at radius 3 is 2.97 bits per heavy atom. The van der Waals surface area contributed by atoms with E-state index in [-0.39, 0.29) is 5.91 Å². The largest absolute Gasteiger partial charge is 0.497 e. The van der Waals surface area contributed by atoms with Gasteiger partial charge in [-0.2, -0.15) is 4.98 Å². The minimum Gasteiger partial charge on any atom is -0.497 e. The zero-order valence-corrected chi connectivity index (χ0v) is 17.7. The maximum atomic E-state index is 12.8. The summed E-state index contributed by atoms with van der Waals surface area (Å²) in [5.41, 5.74) is 0.994. The molecule has 2 saturated heterocycles. The van der Waals surface area contributed by atoms with Crippen LogP contribution in [0.4, 0.5) is 0 Å². The first-order chi connectivity index (χ1) is 14.7. The van der Waals surface area contributed by atoms with E-state index in [2.05, 4.69) is 10.1 Å². The lowest BCUT2D eigenvalue weighted by molar-refractivity contribution is -0.132. The van der Waals surface area contributed by atoms with Crippen molar-refractivity contribution in [1.82, 2.24) is 15.0 Å². The van der Waals surface area contributed by atoms with E-state index in [0.29, 0.717) is 18.3 Å². The van der Waals surface area contributed by atoms with Gasteiger partial charge in [-0.15, -0.1) is 0 Å². The third kappa shape index (κ3) is 5.39. The van der Waals surface area contributed by atoms with E-state index in [1.165, 1.54) is 0 Å². The molecule has 0 bridgehead atoms. The van der Waals surface area contributed by atoms with Crippen molar-refractivity contribution < 1.29 is 18.8 Å². The Balaban J connectivity index is 1.26. The maximum Gasteiger partial charge on any atom is 0.229 e. The average molecular weight is 414 g/mol. The van der Waals surface area contributed by atoms with Crippen molar-refractivity contribution in [1.29, 1.82) is 0 Å². The van der Waals surface area contributed by atoms with Gasteiger partial charge in [0.1, 0.15) is 5.75 Å². The molecule has 7 heteroatoms. The number of hydrogen-bond acceptors (Lipinski definition) is 6. The van der Waals surface area contributed by atoms with Gasteiger partial charge in [-0.05, 0) is 55.7 Å². The number of ether oxygens (including phenoxy) is 2. The first-order valence-electron chi connectivity index (χ1n) is 11.0. The van der Waals surface area contributed by atoms with Crippen molar-refractivity contribution in [2.45, 2.75) is 50.9 Å². The number of amides is 1. The number of benzene rings is 1. The van der Waals surface area contributed by atoms with Crippen molar-refractivity contribution in [3.8, 4) is 5.75 Å². The zero-order valence-electron chi connectivity index (χ0n) is 17.7. The van der Waals surface area contributed by atoms with Gasteiger partial charge in [-0.1, -0.05) is 17.3 Å². The number of piperidine rings is 1. The summed E-state index contributed by atoms with van der Waals surface area (Å²) in [6.07, 6.45) is 6.30. The minimum absolute atomic E-state index is 0.189. The summed E-state index contributed by atoms with van der Waals surface area (Å²) in [7, 11) is 1.65. The molecule has 2 aliphatic rings. The highest BCUT2D eigenvalue weighted by atomic mass is 16.5. The van der Waals surface area contributed by atoms with Crippen molar-refractivity contribution >= 4 is 5.91 Å². The SMILES string of the molecule is COc1cccc(CC(=O)N2CCCC(CCc3noc(C4CCOCC4)n3)C2)c1. The lowest BCUT2D eigenvalue weighted by Crippen LogP contribution is -2.40. The highest BCUT2D eigenvalue weighted by Gasteiger charge is 2.25. The lowest BCUT2D eigenvalue weighted by Gasteiger charge is -2.33. The predicted molar refractivity (Wildman–Crippen MR) is 111 cm³/mol. The molecule has 0 N–H and O–H groups in total. The molecule has 1 amide bonds. The molecule has 7 nitrogen and oxygen atoms in total. The number of nitrogens with zero attached hydrogens (tertiary/aromatic N) is 3. The number of aromatic nitrogens is 2. The Labute approximate surface area is 177 Å². The molecule has 1 atom stereocenters. The molecule has 0 radical (unpaired) electrons. The Kier molecular flexibility index (Phi) is 7.00. The van der Waals surface area contributed by atoms with E-state index in [4.69, 9.17) is 14.0 Å². The Morgan fingerprint density at radius 2 is 2.13 bits per heavy atom. The quantitative estimate of drug-likeness (QED) is 0.692. The van der Waals surface area contributed by atoms with Gasteiger partial charge in [0.25, 0.3) is 0 Å². The fourth-order valence-electron chi connectivity index (χ4n) is 4.41. The summed E-state index contributed by atoms with van der Waals surface area (Å²) >= 11 is 0. The van der Waals surface area contributed by atoms with Crippen LogP contribution in [0.2, 0.25) is 0 Å². The molecule has 4 rings (SSSR count). The third-order valence-corrected chi connectivity index (χ3v) is 6.19. The summed E-state index contributed by atoms with van der Waals surface area (Å²) in [5, 5.41) is 4.18. The van der Waals surface area contributed by atoms with E-state index in [1.54, 1.807) is 7.11 Å². The molecule has 3 heterocycles. The standard InChI is InChI=1S/C23H31N3O4/c1-28-20-6-2-4-18(14-20)15-22(27)26-11-3-5-17(16-26)7-8-21-24-23(30-25-21)19-9-12-29-13-10-19/h2,4,6,14,17,19H,3,5,7-13,15-16H2,1H3. The van der Waals surface area contributed by atoms with Crippen molar-refractivity contribution in [3.05, 3.63) is 41.5 Å². The summed E-state index contributed by atoms with van der Waals surface area (Å²) in [6, 6.07) is 7.75. The normalized spacial score (nSPS) is 20.3. The number of methoxy groups -OCH3 is 1.